The van der Waals surface area contributed by atoms with Crippen LogP contribution in [0.4, 0.5) is 4.39 Å². The number of hydrogen-bond donors (Lipinski definition) is 1. The van der Waals surface area contributed by atoms with E-state index in [0.29, 0.717) is 61.1 Å². The van der Waals surface area contributed by atoms with Gasteiger partial charge in [0.1, 0.15) is 5.82 Å². The van der Waals surface area contributed by atoms with Gasteiger partial charge in [0.25, 0.3) is 5.91 Å². The summed E-state index contributed by atoms with van der Waals surface area (Å²) in [6.45, 7) is 4.77. The van der Waals surface area contributed by atoms with Crippen molar-refractivity contribution in [3.8, 4) is 0 Å². The van der Waals surface area contributed by atoms with Crippen molar-refractivity contribution in [1.82, 2.24) is 20.4 Å². The van der Waals surface area contributed by atoms with E-state index in [0.717, 1.165) is 10.5 Å². The highest BCUT2D eigenvalue weighted by atomic mass is 32.2. The van der Waals surface area contributed by atoms with Gasteiger partial charge in [0.05, 0.1) is 11.3 Å². The zero-order chi connectivity index (χ0) is 24.1. The van der Waals surface area contributed by atoms with Crippen LogP contribution in [-0.2, 0) is 17.1 Å². The highest BCUT2D eigenvalue weighted by molar-refractivity contribution is 7.98. The molecule has 0 bridgehead atoms. The molecule has 1 N–H and O–H groups in total. The first-order chi connectivity index (χ1) is 16.4. The normalized spacial score (nSPS) is 14.3. The lowest BCUT2D eigenvalue weighted by atomic mass is 9.95. The maximum absolute atomic E-state index is 13.7. The lowest BCUT2D eigenvalue weighted by Crippen LogP contribution is -2.43. The molecule has 0 radical (unpaired) electrons. The van der Waals surface area contributed by atoms with E-state index in [-0.39, 0.29) is 23.5 Å². The maximum Gasteiger partial charge on any atom is 0.254 e. The van der Waals surface area contributed by atoms with Crippen molar-refractivity contribution in [2.45, 2.75) is 43.9 Å². The van der Waals surface area contributed by atoms with Crippen LogP contribution in [0.1, 0.15) is 46.0 Å². The summed E-state index contributed by atoms with van der Waals surface area (Å²) in [4.78, 5) is 32.7. The quantitative estimate of drug-likeness (QED) is 0.506. The summed E-state index contributed by atoms with van der Waals surface area (Å²) in [5.74, 6) is 1.08. The molecule has 178 valence electrons. The van der Waals surface area contributed by atoms with Gasteiger partial charge >= 0.3 is 0 Å². The second-order valence-electron chi connectivity index (χ2n) is 8.38. The third-order valence-electron chi connectivity index (χ3n) is 5.90. The van der Waals surface area contributed by atoms with Crippen LogP contribution in [0, 0.1) is 25.6 Å². The number of aromatic nitrogens is 2. The molecule has 2 amide bonds. The molecule has 0 unspecified atom stereocenters. The molecule has 1 aliphatic heterocycles. The predicted molar refractivity (Wildman–Crippen MR) is 127 cm³/mol. The number of hydrogen-bond acceptors (Lipinski definition) is 6. The Morgan fingerprint density at radius 1 is 1.18 bits per heavy atom. The van der Waals surface area contributed by atoms with Crippen molar-refractivity contribution in [2.75, 3.05) is 13.1 Å². The average molecular weight is 483 g/mol. The Hall–Kier alpha value is -3.20. The van der Waals surface area contributed by atoms with Crippen molar-refractivity contribution in [1.29, 1.82) is 0 Å². The first-order valence-corrected chi connectivity index (χ1v) is 12.2. The molecule has 3 aromatic rings. The van der Waals surface area contributed by atoms with E-state index in [1.165, 1.54) is 17.8 Å². The van der Waals surface area contributed by atoms with Gasteiger partial charge in [-0.05, 0) is 49.1 Å². The summed E-state index contributed by atoms with van der Waals surface area (Å²) in [6.07, 6.45) is 1.19. The molecule has 0 saturated carbocycles. The molecular weight excluding hydrogens is 455 g/mol. The average Bonchev–Trinajstić information content (AvgIpc) is 3.28. The van der Waals surface area contributed by atoms with Crippen LogP contribution >= 0.6 is 11.8 Å². The van der Waals surface area contributed by atoms with Gasteiger partial charge in [0.15, 0.2) is 5.82 Å². The van der Waals surface area contributed by atoms with Crippen LogP contribution < -0.4 is 5.32 Å². The molecule has 0 spiro atoms. The third kappa shape index (κ3) is 5.83. The number of carbonyl (C=O) groups is 2. The van der Waals surface area contributed by atoms with Crippen LogP contribution in [0.3, 0.4) is 0 Å². The first-order valence-electron chi connectivity index (χ1n) is 11.2. The van der Waals surface area contributed by atoms with E-state index in [2.05, 4.69) is 15.5 Å². The van der Waals surface area contributed by atoms with Gasteiger partial charge in [-0.2, -0.15) is 4.98 Å². The molecule has 1 aromatic heterocycles. The second-order valence-corrected chi connectivity index (χ2v) is 9.40. The number of nitrogens with one attached hydrogen (secondary N) is 1. The predicted octanol–water partition coefficient (Wildman–Crippen LogP) is 4.29. The second kappa shape index (κ2) is 10.8. The van der Waals surface area contributed by atoms with Crippen molar-refractivity contribution in [2.24, 2.45) is 5.92 Å². The molecule has 2 aromatic carbocycles. The molecular formula is C25H27FN4O3S. The number of nitrogens with zero attached hydrogens (tertiary/aromatic N) is 3. The first kappa shape index (κ1) is 23.9. The summed E-state index contributed by atoms with van der Waals surface area (Å²) in [6, 6.07) is 12.5. The van der Waals surface area contributed by atoms with Gasteiger partial charge in [-0.1, -0.05) is 29.4 Å². The minimum Gasteiger partial charge on any atom is -0.352 e. The number of likely N-dealkylation sites (tertiary alicyclic amines) is 1. The Balaban J connectivity index is 1.30. The molecule has 0 aliphatic carbocycles. The van der Waals surface area contributed by atoms with Crippen molar-refractivity contribution < 1.29 is 18.5 Å². The lowest BCUT2D eigenvalue weighted by Gasteiger charge is -2.31. The molecule has 34 heavy (non-hydrogen) atoms. The molecule has 1 saturated heterocycles. The summed E-state index contributed by atoms with van der Waals surface area (Å²) >= 11 is 1.49. The van der Waals surface area contributed by atoms with Crippen LogP contribution in [0.15, 0.2) is 51.9 Å². The largest absolute Gasteiger partial charge is 0.352 e. The number of piperidine rings is 1. The van der Waals surface area contributed by atoms with Gasteiger partial charge in [-0.25, -0.2) is 4.39 Å². The minimum atomic E-state index is -0.274. The summed E-state index contributed by atoms with van der Waals surface area (Å²) in [7, 11) is 0. The van der Waals surface area contributed by atoms with Crippen molar-refractivity contribution >= 4 is 23.6 Å². The van der Waals surface area contributed by atoms with E-state index >= 15 is 0 Å². The Morgan fingerprint density at radius 3 is 2.65 bits per heavy atom. The number of thioether (sulfide) groups is 1. The Labute approximate surface area is 202 Å². The fourth-order valence-electron chi connectivity index (χ4n) is 3.91. The van der Waals surface area contributed by atoms with Crippen LogP contribution in [0.5, 0.6) is 0 Å². The molecule has 9 heteroatoms. The lowest BCUT2D eigenvalue weighted by molar-refractivity contribution is -0.126. The topological polar surface area (TPSA) is 88.3 Å². The number of rotatable bonds is 7. The SMILES string of the molecule is Cc1nc(CSc2ccccc2C(=O)N2CCC(C(=O)NCc3ccc(C)c(F)c3)CC2)no1. The Morgan fingerprint density at radius 2 is 1.94 bits per heavy atom. The van der Waals surface area contributed by atoms with Gasteiger partial charge in [0, 0.05) is 37.4 Å². The van der Waals surface area contributed by atoms with Gasteiger partial charge in [-0.3, -0.25) is 9.59 Å². The van der Waals surface area contributed by atoms with Crippen molar-refractivity contribution in [3.63, 3.8) is 0 Å². The monoisotopic (exact) mass is 482 g/mol. The van der Waals surface area contributed by atoms with Crippen LogP contribution in [0.25, 0.3) is 0 Å². The van der Waals surface area contributed by atoms with E-state index in [4.69, 9.17) is 4.52 Å². The van der Waals surface area contributed by atoms with E-state index < -0.39 is 0 Å². The molecule has 1 aliphatic rings. The standard InChI is InChI=1S/C25H27FN4O3S/c1-16-7-8-18(13-21(16)26)14-27-24(31)19-9-11-30(12-10-19)25(32)20-5-3-4-6-22(20)34-15-23-28-17(2)33-29-23/h3-8,13,19H,9-12,14-15H2,1-2H3,(H,27,31). The van der Waals surface area contributed by atoms with Gasteiger partial charge in [0.2, 0.25) is 11.8 Å². The third-order valence-corrected chi connectivity index (χ3v) is 6.97. The molecule has 0 atom stereocenters. The highest BCUT2D eigenvalue weighted by Gasteiger charge is 2.28. The fourth-order valence-corrected chi connectivity index (χ4v) is 4.79. The Kier molecular flexibility index (Phi) is 7.62. The van der Waals surface area contributed by atoms with Gasteiger partial charge < -0.3 is 14.7 Å². The number of benzene rings is 2. The van der Waals surface area contributed by atoms with E-state index in [9.17, 15) is 14.0 Å². The highest BCUT2D eigenvalue weighted by Crippen LogP contribution is 2.28. The molecule has 7 nitrogen and oxygen atoms in total. The van der Waals surface area contributed by atoms with E-state index in [1.54, 1.807) is 24.8 Å². The Bertz CT molecular complexity index is 1170. The zero-order valence-corrected chi connectivity index (χ0v) is 20.0. The summed E-state index contributed by atoms with van der Waals surface area (Å²) in [5.41, 5.74) is 1.95. The number of aryl methyl sites for hydroxylation is 2. The molecule has 4 rings (SSSR count). The molecule has 2 heterocycles. The summed E-state index contributed by atoms with van der Waals surface area (Å²) in [5, 5.41) is 6.81. The number of amides is 2. The van der Waals surface area contributed by atoms with E-state index in [1.807, 2.05) is 30.3 Å². The fraction of sp³-hybridized carbons (Fsp3) is 0.360. The number of carbonyl (C=O) groups excluding carboxylic acids is 2. The zero-order valence-electron chi connectivity index (χ0n) is 19.2. The smallest absolute Gasteiger partial charge is 0.254 e. The van der Waals surface area contributed by atoms with Gasteiger partial charge in [-0.15, -0.1) is 11.8 Å². The van der Waals surface area contributed by atoms with Crippen LogP contribution in [0.2, 0.25) is 0 Å². The number of halogens is 1. The summed E-state index contributed by atoms with van der Waals surface area (Å²) < 4.78 is 18.7. The minimum absolute atomic E-state index is 0.0404. The van der Waals surface area contributed by atoms with Crippen LogP contribution in [-0.4, -0.2) is 39.9 Å². The maximum atomic E-state index is 13.7. The molecule has 1 fully saturated rings. The van der Waals surface area contributed by atoms with Crippen molar-refractivity contribution in [3.05, 3.63) is 76.7 Å².